The van der Waals surface area contributed by atoms with Crippen molar-refractivity contribution in [1.29, 1.82) is 0 Å². The molecule has 4 aromatic rings. The monoisotopic (exact) mass is 342 g/mol. The fourth-order valence-corrected chi connectivity index (χ4v) is 4.05. The molecule has 26 heavy (non-hydrogen) atoms. The molecule has 4 nitrogen and oxygen atoms in total. The summed E-state index contributed by atoms with van der Waals surface area (Å²) >= 11 is 0. The largest absolute Gasteiger partial charge is 0.356 e. The molecule has 0 amide bonds. The topological polar surface area (TPSA) is 33.4 Å². The van der Waals surface area contributed by atoms with Crippen molar-refractivity contribution in [1.82, 2.24) is 14.4 Å². The van der Waals surface area contributed by atoms with Gasteiger partial charge in [-0.15, -0.1) is 0 Å². The lowest BCUT2D eigenvalue weighted by atomic mass is 9.89. The van der Waals surface area contributed by atoms with E-state index in [9.17, 15) is 0 Å². The molecule has 0 spiro atoms. The smallest absolute Gasteiger partial charge is 0.236 e. The zero-order chi connectivity index (χ0) is 17.5. The van der Waals surface area contributed by atoms with E-state index >= 15 is 0 Å². The molecule has 0 N–H and O–H groups in total. The van der Waals surface area contributed by atoms with Gasteiger partial charge in [0.25, 0.3) is 0 Å². The van der Waals surface area contributed by atoms with Crippen LogP contribution in [0, 0.1) is 6.92 Å². The molecule has 130 valence electrons. The van der Waals surface area contributed by atoms with Gasteiger partial charge in [0.2, 0.25) is 5.78 Å². The van der Waals surface area contributed by atoms with E-state index in [-0.39, 0.29) is 0 Å². The highest BCUT2D eigenvalue weighted by Crippen LogP contribution is 2.30. The van der Waals surface area contributed by atoms with Gasteiger partial charge in [-0.05, 0) is 55.0 Å². The second kappa shape index (κ2) is 6.13. The highest BCUT2D eigenvalue weighted by atomic mass is 15.2. The molecule has 0 bridgehead atoms. The summed E-state index contributed by atoms with van der Waals surface area (Å²) in [5.41, 5.74) is 4.82. The van der Waals surface area contributed by atoms with Gasteiger partial charge in [-0.3, -0.25) is 4.40 Å². The van der Waals surface area contributed by atoms with Crippen LogP contribution < -0.4 is 4.90 Å². The minimum atomic E-state index is 0.660. The van der Waals surface area contributed by atoms with E-state index in [0.29, 0.717) is 5.92 Å². The van der Waals surface area contributed by atoms with E-state index in [2.05, 4.69) is 77.0 Å². The number of anilines is 1. The first-order valence-corrected chi connectivity index (χ1v) is 9.33. The summed E-state index contributed by atoms with van der Waals surface area (Å²) in [6.07, 6.45) is 4.45. The average molecular weight is 342 g/mol. The predicted octanol–water partition coefficient (Wildman–Crippen LogP) is 4.57. The number of imidazole rings is 1. The molecular formula is C22H22N4. The Labute approximate surface area is 153 Å². The first kappa shape index (κ1) is 15.4. The third-order valence-corrected chi connectivity index (χ3v) is 5.50. The summed E-state index contributed by atoms with van der Waals surface area (Å²) in [5.74, 6) is 2.48. The minimum Gasteiger partial charge on any atom is -0.356 e. The normalized spacial score (nSPS) is 15.8. The summed E-state index contributed by atoms with van der Waals surface area (Å²) < 4.78 is 2.08. The van der Waals surface area contributed by atoms with Crippen LogP contribution in [0.3, 0.4) is 0 Å². The minimum absolute atomic E-state index is 0.660. The molecule has 1 saturated heterocycles. The maximum atomic E-state index is 4.84. The molecule has 1 aliphatic heterocycles. The number of hydrogen-bond acceptors (Lipinski definition) is 3. The van der Waals surface area contributed by atoms with Gasteiger partial charge in [-0.2, -0.15) is 4.98 Å². The van der Waals surface area contributed by atoms with Crippen molar-refractivity contribution in [2.24, 2.45) is 0 Å². The van der Waals surface area contributed by atoms with Crippen molar-refractivity contribution in [3.8, 4) is 0 Å². The van der Waals surface area contributed by atoms with Crippen LogP contribution in [0.25, 0.3) is 16.8 Å². The molecule has 1 aliphatic rings. The maximum Gasteiger partial charge on any atom is 0.236 e. The van der Waals surface area contributed by atoms with E-state index in [4.69, 9.17) is 9.97 Å². The van der Waals surface area contributed by atoms with Crippen molar-refractivity contribution in [3.63, 3.8) is 0 Å². The summed E-state index contributed by atoms with van der Waals surface area (Å²) in [6.45, 7) is 4.18. The number of aryl methyl sites for hydroxylation is 1. The Morgan fingerprint density at radius 2 is 1.73 bits per heavy atom. The summed E-state index contributed by atoms with van der Waals surface area (Å²) in [4.78, 5) is 12.0. The van der Waals surface area contributed by atoms with Crippen molar-refractivity contribution in [2.45, 2.75) is 25.7 Å². The van der Waals surface area contributed by atoms with Gasteiger partial charge < -0.3 is 4.90 Å². The van der Waals surface area contributed by atoms with E-state index in [1.807, 2.05) is 0 Å². The van der Waals surface area contributed by atoms with Crippen molar-refractivity contribution < 1.29 is 0 Å². The van der Waals surface area contributed by atoms with Gasteiger partial charge >= 0.3 is 0 Å². The number of nitrogens with zero attached hydrogens (tertiary/aromatic N) is 4. The molecule has 0 saturated carbocycles. The molecule has 0 atom stereocenters. The average Bonchev–Trinajstić information content (AvgIpc) is 3.05. The number of fused-ring (bicyclic) bond motifs is 3. The van der Waals surface area contributed by atoms with Crippen molar-refractivity contribution >= 4 is 22.6 Å². The number of benzene rings is 2. The van der Waals surface area contributed by atoms with Crippen LogP contribution in [-0.4, -0.2) is 27.5 Å². The molecule has 0 aliphatic carbocycles. The third kappa shape index (κ3) is 2.62. The highest BCUT2D eigenvalue weighted by molar-refractivity contribution is 5.80. The molecule has 5 rings (SSSR count). The summed E-state index contributed by atoms with van der Waals surface area (Å²) in [6, 6.07) is 19.4. The molecule has 3 heterocycles. The predicted molar refractivity (Wildman–Crippen MR) is 106 cm³/mol. The van der Waals surface area contributed by atoms with E-state index in [0.717, 1.165) is 35.7 Å². The first-order valence-electron chi connectivity index (χ1n) is 9.33. The molecular weight excluding hydrogens is 320 g/mol. The van der Waals surface area contributed by atoms with Gasteiger partial charge in [-0.1, -0.05) is 36.4 Å². The number of rotatable bonds is 2. The van der Waals surface area contributed by atoms with Gasteiger partial charge in [0, 0.05) is 19.3 Å². The van der Waals surface area contributed by atoms with E-state index in [1.165, 1.54) is 24.0 Å². The standard InChI is InChI=1S/C22H22N4/c1-16-7-8-20-19(15-16)23-22-24-21(11-14-26(20)22)25-12-9-18(10-13-25)17-5-3-2-4-6-17/h2-8,11,14-15,18H,9-10,12-13H2,1H3. The van der Waals surface area contributed by atoms with Crippen LogP contribution in [0.15, 0.2) is 60.8 Å². The Kier molecular flexibility index (Phi) is 3.63. The summed E-state index contributed by atoms with van der Waals surface area (Å²) in [7, 11) is 0. The van der Waals surface area contributed by atoms with Crippen LogP contribution in [-0.2, 0) is 0 Å². The van der Waals surface area contributed by atoms with Crippen LogP contribution in [0.2, 0.25) is 0 Å². The third-order valence-electron chi connectivity index (χ3n) is 5.50. The van der Waals surface area contributed by atoms with Crippen LogP contribution in [0.1, 0.15) is 29.9 Å². The van der Waals surface area contributed by atoms with Crippen LogP contribution >= 0.6 is 0 Å². The summed E-state index contributed by atoms with van der Waals surface area (Å²) in [5, 5.41) is 0. The van der Waals surface area contributed by atoms with Crippen molar-refractivity contribution in [2.75, 3.05) is 18.0 Å². The maximum absolute atomic E-state index is 4.84. The zero-order valence-electron chi connectivity index (χ0n) is 15.0. The Hall–Kier alpha value is -2.88. The molecule has 2 aromatic carbocycles. The first-order chi connectivity index (χ1) is 12.8. The number of piperidine rings is 1. The number of aromatic nitrogens is 3. The van der Waals surface area contributed by atoms with E-state index < -0.39 is 0 Å². The lowest BCUT2D eigenvalue weighted by Crippen LogP contribution is -2.33. The lowest BCUT2D eigenvalue weighted by molar-refractivity contribution is 0.503. The fourth-order valence-electron chi connectivity index (χ4n) is 4.05. The molecule has 2 aromatic heterocycles. The quantitative estimate of drug-likeness (QED) is 0.535. The Bertz CT molecular complexity index is 1060. The number of hydrogen-bond donors (Lipinski definition) is 0. The fraction of sp³-hybridized carbons (Fsp3) is 0.273. The Morgan fingerprint density at radius 3 is 2.54 bits per heavy atom. The van der Waals surface area contributed by atoms with E-state index in [1.54, 1.807) is 0 Å². The molecule has 1 fully saturated rings. The van der Waals surface area contributed by atoms with Gasteiger partial charge in [0.1, 0.15) is 5.82 Å². The van der Waals surface area contributed by atoms with Gasteiger partial charge in [0.05, 0.1) is 11.0 Å². The Morgan fingerprint density at radius 1 is 0.923 bits per heavy atom. The zero-order valence-corrected chi connectivity index (χ0v) is 15.0. The van der Waals surface area contributed by atoms with Crippen LogP contribution in [0.4, 0.5) is 5.82 Å². The second-order valence-electron chi connectivity index (χ2n) is 7.23. The second-order valence-corrected chi connectivity index (χ2v) is 7.23. The highest BCUT2D eigenvalue weighted by Gasteiger charge is 2.21. The lowest BCUT2D eigenvalue weighted by Gasteiger charge is -2.33. The molecule has 0 radical (unpaired) electrons. The van der Waals surface area contributed by atoms with Gasteiger partial charge in [0.15, 0.2) is 0 Å². The molecule has 0 unspecified atom stereocenters. The van der Waals surface area contributed by atoms with Crippen LogP contribution in [0.5, 0.6) is 0 Å². The molecule has 4 heteroatoms. The Balaban J connectivity index is 1.40. The SMILES string of the molecule is Cc1ccc2c(c1)nc1nc(N3CCC(c4ccccc4)CC3)ccn12. The van der Waals surface area contributed by atoms with Gasteiger partial charge in [-0.25, -0.2) is 4.98 Å². The van der Waals surface area contributed by atoms with Crippen molar-refractivity contribution in [3.05, 3.63) is 71.9 Å².